The summed E-state index contributed by atoms with van der Waals surface area (Å²) >= 11 is 0. The number of amides is 2. The number of carbonyl (C=O) groups is 8. The summed E-state index contributed by atoms with van der Waals surface area (Å²) in [5.74, 6) is -13.7. The number of fused-ring (bicyclic) bond motifs is 6. The standard InChI is InChI=1S/C35H45F2N3O7.C33H41F2N3O7.Li.H2O/c1-5-45-32(44)34-17-23(34)18-35(36,37)14-10-6-7-11-22(15-30(42)47-33(2,3)4)31(43)40-21-24(16-27(40)28(41)19-34)46-29-20-38-25-12-8-9-13-26(25)39-29;1-31(2,3)45-28(40)13-20-9-5-4-8-12-33(34,35)16-21-15-32(21,30(42)43)17-26(39)25-14-22(19-38(25)29(20)41)44-27-18-36-23-10-6-7-11-24(23)37-27;;/h8-9,12-13,20,22-24,27H,5-7,10-11,14-19,21H2,1-4H3;6-7,10-11,18,20-22,25H,4-5,8-9,12-17,19H2,1-3H3,(H,42,43);;1H2/q;;+1;/p-1/t22-,23+,24-,27+,34-;20-,21+,22-,25+,32-;;/m11../s1. The Hall–Kier alpha value is -6.84. The predicted octanol–water partition coefficient (Wildman–Crippen LogP) is 8.04. The number of nitrogens with zero attached hydrogens (tertiary/aromatic N) is 6. The first kappa shape index (κ1) is 74.6. The summed E-state index contributed by atoms with van der Waals surface area (Å²) in [6, 6.07) is 12.5. The number of aromatic nitrogens is 4. The smallest absolute Gasteiger partial charge is 0.870 e. The topological polar surface area (TPSA) is 291 Å². The Labute approximate surface area is 556 Å². The van der Waals surface area contributed by atoms with Gasteiger partial charge in [0.25, 0.3) is 0 Å². The second-order valence-electron chi connectivity index (χ2n) is 28.1. The minimum absolute atomic E-state index is 0. The van der Waals surface area contributed by atoms with Crippen LogP contribution in [0.25, 0.3) is 22.1 Å². The minimum atomic E-state index is -3.06. The van der Waals surface area contributed by atoms with E-state index in [1.807, 2.05) is 30.3 Å². The van der Waals surface area contributed by atoms with Crippen molar-refractivity contribution in [2.24, 2.45) is 34.5 Å². The number of esters is 3. The van der Waals surface area contributed by atoms with E-state index in [0.717, 1.165) is 0 Å². The van der Waals surface area contributed by atoms with Crippen molar-refractivity contribution in [3.05, 3.63) is 60.9 Å². The first-order valence-corrected chi connectivity index (χ1v) is 32.4. The van der Waals surface area contributed by atoms with Gasteiger partial charge in [0.2, 0.25) is 35.4 Å². The van der Waals surface area contributed by atoms with E-state index in [1.54, 1.807) is 66.7 Å². The molecule has 0 unspecified atom stereocenters. The van der Waals surface area contributed by atoms with Crippen molar-refractivity contribution in [3.8, 4) is 11.8 Å². The number of para-hydroxylation sites is 4. The third-order valence-electron chi connectivity index (χ3n) is 18.5. The van der Waals surface area contributed by atoms with Crippen LogP contribution < -0.4 is 28.3 Å². The van der Waals surface area contributed by atoms with Crippen LogP contribution in [0.5, 0.6) is 11.8 Å². The number of hydrogen-bond donors (Lipinski definition) is 1. The van der Waals surface area contributed by atoms with Gasteiger partial charge in [-0.25, -0.2) is 37.5 Å². The number of alkyl halides is 4. The second-order valence-corrected chi connectivity index (χ2v) is 28.1. The largest absolute Gasteiger partial charge is 1.00 e. The molecule has 6 heterocycles. The van der Waals surface area contributed by atoms with Crippen molar-refractivity contribution in [2.75, 3.05) is 19.7 Å². The Kier molecular flexibility index (Phi) is 24.2. The van der Waals surface area contributed by atoms with Crippen LogP contribution in [-0.4, -0.2) is 155 Å². The summed E-state index contributed by atoms with van der Waals surface area (Å²) in [5.41, 5.74) is -1.91. The molecule has 4 saturated heterocycles. The normalized spacial score (nSPS) is 28.2. The van der Waals surface area contributed by atoms with E-state index in [4.69, 9.17) is 23.7 Å². The van der Waals surface area contributed by atoms with E-state index in [0.29, 0.717) is 47.8 Å². The molecule has 2 aromatic carbocycles. The van der Waals surface area contributed by atoms with Crippen LogP contribution in [0.3, 0.4) is 0 Å². The van der Waals surface area contributed by atoms with E-state index >= 15 is 8.78 Å². The SMILES string of the molecule is CC(C)(C)OC(=O)C[C@H]1CCCCCC(F)(F)C[C@@H]2C[C@@]2(C(=O)O)CC(=O)[C@@H]2C[C@@H](Oc3cnc4ccccc4n3)CN2C1=O.CCOC(=O)[C@]12CC(=O)[C@@H]3C[C@@H](Oc4cnc5ccccc5n4)CN3C(=O)[C@@H](CC(=O)OC(C)(C)C)CCCCCC(F)(F)C[C@@H]1C2.[Li+].[OH-]. The van der Waals surface area contributed by atoms with Crippen LogP contribution >= 0.6 is 0 Å². The van der Waals surface area contributed by atoms with Crippen LogP contribution in [0.2, 0.25) is 0 Å². The molecule has 0 bridgehead atoms. The van der Waals surface area contributed by atoms with Gasteiger partial charge in [0, 0.05) is 63.2 Å². The monoisotopic (exact) mass is 1310 g/mol. The number of ketones is 2. The molecule has 2 saturated carbocycles. The number of halogens is 4. The molecular weight excluding hydrogens is 1220 g/mol. The molecule has 6 aliphatic rings. The van der Waals surface area contributed by atoms with Gasteiger partial charge in [0.15, 0.2) is 11.6 Å². The summed E-state index contributed by atoms with van der Waals surface area (Å²) in [7, 11) is 0. The zero-order valence-corrected chi connectivity index (χ0v) is 55.1. The molecule has 21 nitrogen and oxygen atoms in total. The summed E-state index contributed by atoms with van der Waals surface area (Å²) in [5, 5.41) is 10.1. The van der Waals surface area contributed by atoms with E-state index in [9.17, 15) is 52.2 Å². The summed E-state index contributed by atoms with van der Waals surface area (Å²) in [6.07, 6.45) is 1.55. The van der Waals surface area contributed by atoms with Crippen molar-refractivity contribution in [1.82, 2.24) is 29.7 Å². The van der Waals surface area contributed by atoms with Gasteiger partial charge in [-0.05, 0) is 123 Å². The van der Waals surface area contributed by atoms with Gasteiger partial charge < -0.3 is 44.1 Å². The molecule has 0 spiro atoms. The minimum Gasteiger partial charge on any atom is -0.870 e. The fourth-order valence-electron chi connectivity index (χ4n) is 13.8. The van der Waals surface area contributed by atoms with Crippen molar-refractivity contribution in [1.29, 1.82) is 0 Å². The number of carboxylic acids is 1. The molecule has 4 aliphatic heterocycles. The number of aliphatic carboxylic acids is 1. The Bertz CT molecular complexity index is 3410. The van der Waals surface area contributed by atoms with Crippen LogP contribution in [0.1, 0.15) is 177 Å². The van der Waals surface area contributed by atoms with Crippen molar-refractivity contribution < 1.29 is 109 Å². The van der Waals surface area contributed by atoms with Crippen molar-refractivity contribution in [2.45, 2.75) is 224 Å². The van der Waals surface area contributed by atoms with Crippen LogP contribution in [0.4, 0.5) is 17.6 Å². The van der Waals surface area contributed by atoms with Gasteiger partial charge in [-0.3, -0.25) is 38.4 Å². The number of carbonyl (C=O) groups excluding carboxylic acids is 7. The van der Waals surface area contributed by atoms with Gasteiger partial charge in [-0.2, -0.15) is 0 Å². The van der Waals surface area contributed by atoms with Gasteiger partial charge in [0.05, 0.1) is 89.9 Å². The van der Waals surface area contributed by atoms with Crippen molar-refractivity contribution >= 4 is 69.3 Å². The zero-order chi connectivity index (χ0) is 66.6. The van der Waals surface area contributed by atoms with Gasteiger partial charge >= 0.3 is 42.7 Å². The Morgan fingerprint density at radius 1 is 0.585 bits per heavy atom. The van der Waals surface area contributed by atoms with Crippen LogP contribution in [-0.2, 0) is 52.6 Å². The Morgan fingerprint density at radius 3 is 1.38 bits per heavy atom. The molecule has 4 aromatic rings. The van der Waals surface area contributed by atoms with Gasteiger partial charge in [-0.15, -0.1) is 0 Å². The molecule has 2 amide bonds. The van der Waals surface area contributed by atoms with E-state index < -0.39 is 155 Å². The molecule has 10 atom stereocenters. The van der Waals surface area contributed by atoms with Gasteiger partial charge in [-0.1, -0.05) is 49.9 Å². The van der Waals surface area contributed by atoms with Crippen LogP contribution in [0.15, 0.2) is 60.9 Å². The average Bonchev–Trinajstić information content (AvgIpc) is 1.58. The summed E-state index contributed by atoms with van der Waals surface area (Å²) in [6.45, 7) is 12.1. The first-order chi connectivity index (χ1) is 43.3. The van der Waals surface area contributed by atoms with Crippen LogP contribution in [0, 0.1) is 34.5 Å². The number of ether oxygens (including phenoxy) is 5. The fourth-order valence-corrected chi connectivity index (χ4v) is 13.8. The Balaban J connectivity index is 0.000000261. The molecule has 2 aromatic heterocycles. The third-order valence-corrected chi connectivity index (χ3v) is 18.5. The Morgan fingerprint density at radius 2 is 0.979 bits per heavy atom. The van der Waals surface area contributed by atoms with E-state index in [1.165, 1.54) is 22.2 Å². The van der Waals surface area contributed by atoms with E-state index in [-0.39, 0.29) is 133 Å². The molecule has 94 heavy (non-hydrogen) atoms. The molecule has 0 radical (unpaired) electrons. The third kappa shape index (κ3) is 19.0. The number of carboxylic acid groups (broad SMARTS) is 1. The molecule has 2 N–H and O–H groups in total. The number of rotatable bonds is 11. The molecule has 508 valence electrons. The molecule has 10 rings (SSSR count). The summed E-state index contributed by atoms with van der Waals surface area (Å²) in [4.78, 5) is 128. The second kappa shape index (κ2) is 30.5. The summed E-state index contributed by atoms with van der Waals surface area (Å²) < 4.78 is 88.5. The fraction of sp³-hybridized carbons (Fsp3) is 0.647. The molecule has 6 fully saturated rings. The average molecular weight is 1310 g/mol. The predicted molar refractivity (Wildman–Crippen MR) is 328 cm³/mol. The van der Waals surface area contributed by atoms with Crippen molar-refractivity contribution in [3.63, 3.8) is 0 Å². The molecular formula is C68H87F4LiN6O15. The molecule has 26 heteroatoms. The first-order valence-electron chi connectivity index (χ1n) is 32.4. The maximum absolute atomic E-state index is 15.1. The maximum Gasteiger partial charge on any atom is 1.00 e. The number of Topliss-reactive ketones (excluding diaryl/α,β-unsaturated/α-hetero) is 2. The number of benzene rings is 2. The number of hydrogen-bond acceptors (Lipinski definition) is 18. The van der Waals surface area contributed by atoms with E-state index in [2.05, 4.69) is 19.9 Å². The maximum atomic E-state index is 15.1. The zero-order valence-electron chi connectivity index (χ0n) is 55.1. The quantitative estimate of drug-likeness (QED) is 0.0643. The van der Waals surface area contributed by atoms with Gasteiger partial charge in [0.1, 0.15) is 23.4 Å². The molecule has 2 aliphatic carbocycles.